The Hall–Kier alpha value is -3.72. The predicted octanol–water partition coefficient (Wildman–Crippen LogP) is 3.19. The third-order valence-corrected chi connectivity index (χ3v) is 5.49. The van der Waals surface area contributed by atoms with E-state index < -0.39 is 11.9 Å². The van der Waals surface area contributed by atoms with Gasteiger partial charge in [0.2, 0.25) is 5.91 Å². The fourth-order valence-electron chi connectivity index (χ4n) is 3.64. The van der Waals surface area contributed by atoms with Crippen molar-refractivity contribution in [3.05, 3.63) is 72.8 Å². The fourth-order valence-corrected chi connectivity index (χ4v) is 3.64. The van der Waals surface area contributed by atoms with Crippen molar-refractivity contribution in [3.63, 3.8) is 0 Å². The number of piperazine rings is 1. The Balaban J connectivity index is 1.29. The van der Waals surface area contributed by atoms with E-state index >= 15 is 0 Å². The number of carbonyl (C=O) groups is 2. The number of aromatic nitrogens is 2. The summed E-state index contributed by atoms with van der Waals surface area (Å²) in [5, 5.41) is 9.88. The summed E-state index contributed by atoms with van der Waals surface area (Å²) in [6.45, 7) is 3.95. The molecule has 1 aliphatic rings. The van der Waals surface area contributed by atoms with Gasteiger partial charge < -0.3 is 15.5 Å². The van der Waals surface area contributed by atoms with Crippen LogP contribution >= 0.6 is 0 Å². The molecule has 0 spiro atoms. The molecule has 3 amide bonds. The fraction of sp³-hybridized carbons (Fsp3) is 0.261. The van der Waals surface area contributed by atoms with E-state index in [1.165, 1.54) is 12.1 Å². The number of halogens is 1. The maximum absolute atomic E-state index is 13.3. The van der Waals surface area contributed by atoms with Crippen molar-refractivity contribution in [2.75, 3.05) is 36.8 Å². The molecule has 0 saturated carbocycles. The van der Waals surface area contributed by atoms with Gasteiger partial charge in [-0.1, -0.05) is 12.1 Å². The number of rotatable bonds is 5. The normalized spacial score (nSPS) is 15.2. The Kier molecular flexibility index (Phi) is 6.46. The van der Waals surface area contributed by atoms with Gasteiger partial charge in [0.05, 0.1) is 11.7 Å². The van der Waals surface area contributed by atoms with Gasteiger partial charge in [0.25, 0.3) is 0 Å². The second-order valence-corrected chi connectivity index (χ2v) is 7.63. The summed E-state index contributed by atoms with van der Waals surface area (Å²) in [4.78, 5) is 29.0. The molecule has 4 rings (SSSR count). The van der Waals surface area contributed by atoms with Crippen molar-refractivity contribution in [2.45, 2.75) is 13.0 Å². The van der Waals surface area contributed by atoms with Crippen LogP contribution in [0.15, 0.2) is 67.0 Å². The van der Waals surface area contributed by atoms with Crippen molar-refractivity contribution in [1.82, 2.24) is 19.6 Å². The number of benzene rings is 2. The summed E-state index contributed by atoms with van der Waals surface area (Å²) >= 11 is 0. The summed E-state index contributed by atoms with van der Waals surface area (Å²) in [5.41, 5.74) is 1.97. The van der Waals surface area contributed by atoms with Gasteiger partial charge in [-0.2, -0.15) is 5.10 Å². The minimum Gasteiger partial charge on any atom is -0.325 e. The zero-order chi connectivity index (χ0) is 22.5. The third-order valence-electron chi connectivity index (χ3n) is 5.49. The highest BCUT2D eigenvalue weighted by atomic mass is 19.1. The zero-order valence-corrected chi connectivity index (χ0v) is 17.7. The molecular formula is C23H25FN6O2. The quantitative estimate of drug-likeness (QED) is 0.644. The molecule has 32 heavy (non-hydrogen) atoms. The highest BCUT2D eigenvalue weighted by Crippen LogP contribution is 2.16. The van der Waals surface area contributed by atoms with Crippen LogP contribution in [0.5, 0.6) is 0 Å². The molecule has 9 heteroatoms. The van der Waals surface area contributed by atoms with E-state index in [0.29, 0.717) is 37.6 Å². The second kappa shape index (κ2) is 9.61. The maximum Gasteiger partial charge on any atom is 0.321 e. The molecule has 8 nitrogen and oxygen atoms in total. The van der Waals surface area contributed by atoms with Crippen LogP contribution in [-0.2, 0) is 4.79 Å². The van der Waals surface area contributed by atoms with Crippen molar-refractivity contribution >= 4 is 23.3 Å². The summed E-state index contributed by atoms with van der Waals surface area (Å²) in [7, 11) is 0. The van der Waals surface area contributed by atoms with Crippen molar-refractivity contribution in [3.8, 4) is 5.69 Å². The smallest absolute Gasteiger partial charge is 0.321 e. The van der Waals surface area contributed by atoms with Crippen molar-refractivity contribution in [1.29, 1.82) is 0 Å². The Labute approximate surface area is 185 Å². The minimum absolute atomic E-state index is 0.181. The number of nitrogens with one attached hydrogen (secondary N) is 2. The van der Waals surface area contributed by atoms with Crippen LogP contribution in [-0.4, -0.2) is 63.7 Å². The SMILES string of the molecule is C[C@@H](C(=O)Nc1cccc(F)c1)N1CCN(C(=O)Nc2cccc(-n3cccn3)c2)CC1. The van der Waals surface area contributed by atoms with Gasteiger partial charge in [-0.05, 0) is 49.4 Å². The van der Waals surface area contributed by atoms with E-state index in [9.17, 15) is 14.0 Å². The maximum atomic E-state index is 13.3. The highest BCUT2D eigenvalue weighted by Gasteiger charge is 2.27. The number of amides is 3. The topological polar surface area (TPSA) is 82.5 Å². The van der Waals surface area contributed by atoms with Gasteiger partial charge >= 0.3 is 6.03 Å². The van der Waals surface area contributed by atoms with Gasteiger partial charge in [0.1, 0.15) is 5.82 Å². The largest absolute Gasteiger partial charge is 0.325 e. The number of nitrogens with zero attached hydrogens (tertiary/aromatic N) is 4. The number of hydrogen-bond donors (Lipinski definition) is 2. The number of urea groups is 1. The van der Waals surface area contributed by atoms with Crippen molar-refractivity contribution < 1.29 is 14.0 Å². The molecule has 1 fully saturated rings. The van der Waals surface area contributed by atoms with E-state index in [2.05, 4.69) is 15.7 Å². The lowest BCUT2D eigenvalue weighted by Gasteiger charge is -2.37. The molecule has 0 bridgehead atoms. The van der Waals surface area contributed by atoms with Crippen LogP contribution in [0, 0.1) is 5.82 Å². The molecule has 1 saturated heterocycles. The minimum atomic E-state index is -0.398. The summed E-state index contributed by atoms with van der Waals surface area (Å²) < 4.78 is 15.1. The molecule has 166 valence electrons. The van der Waals surface area contributed by atoms with Gasteiger partial charge in [-0.15, -0.1) is 0 Å². The average Bonchev–Trinajstić information content (AvgIpc) is 3.34. The summed E-state index contributed by atoms with van der Waals surface area (Å²) in [6.07, 6.45) is 3.54. The molecule has 1 aliphatic heterocycles. The van der Waals surface area contributed by atoms with Gasteiger partial charge in [-0.3, -0.25) is 9.69 Å². The molecule has 1 aromatic heterocycles. The van der Waals surface area contributed by atoms with E-state index in [4.69, 9.17) is 0 Å². The Bertz CT molecular complexity index is 1080. The first-order chi connectivity index (χ1) is 15.5. The molecule has 2 N–H and O–H groups in total. The molecule has 0 aliphatic carbocycles. The average molecular weight is 436 g/mol. The van der Waals surface area contributed by atoms with Crippen LogP contribution in [0.25, 0.3) is 5.69 Å². The molecule has 0 unspecified atom stereocenters. The van der Waals surface area contributed by atoms with Crippen molar-refractivity contribution in [2.24, 2.45) is 0 Å². The highest BCUT2D eigenvalue weighted by molar-refractivity contribution is 5.94. The zero-order valence-electron chi connectivity index (χ0n) is 17.7. The Morgan fingerprint density at radius 1 is 0.969 bits per heavy atom. The molecule has 0 radical (unpaired) electrons. The number of carbonyl (C=O) groups excluding carboxylic acids is 2. The molecule has 1 atom stereocenters. The van der Waals surface area contributed by atoms with Gasteiger partial charge in [0.15, 0.2) is 0 Å². The first-order valence-electron chi connectivity index (χ1n) is 10.5. The predicted molar refractivity (Wildman–Crippen MR) is 120 cm³/mol. The molecule has 2 aromatic carbocycles. The number of hydrogen-bond acceptors (Lipinski definition) is 4. The van der Waals surface area contributed by atoms with Gasteiger partial charge in [0, 0.05) is 49.9 Å². The van der Waals surface area contributed by atoms with Crippen LogP contribution in [0.4, 0.5) is 20.6 Å². The first kappa shape index (κ1) is 21.5. The number of anilines is 2. The van der Waals surface area contributed by atoms with E-state index in [1.54, 1.807) is 27.9 Å². The van der Waals surface area contributed by atoms with E-state index in [0.717, 1.165) is 5.69 Å². The molecular weight excluding hydrogens is 411 g/mol. The molecule has 2 heterocycles. The van der Waals surface area contributed by atoms with Crippen LogP contribution < -0.4 is 10.6 Å². The van der Waals surface area contributed by atoms with E-state index in [-0.39, 0.29) is 11.9 Å². The van der Waals surface area contributed by atoms with Crippen LogP contribution in [0.2, 0.25) is 0 Å². The summed E-state index contributed by atoms with van der Waals surface area (Å²) in [5.74, 6) is -0.603. The first-order valence-corrected chi connectivity index (χ1v) is 10.5. The third kappa shape index (κ3) is 5.12. The van der Waals surface area contributed by atoms with Crippen LogP contribution in [0.1, 0.15) is 6.92 Å². The second-order valence-electron chi connectivity index (χ2n) is 7.63. The van der Waals surface area contributed by atoms with E-state index in [1.807, 2.05) is 48.4 Å². The van der Waals surface area contributed by atoms with Gasteiger partial charge in [-0.25, -0.2) is 13.9 Å². The lowest BCUT2D eigenvalue weighted by atomic mass is 10.2. The molecule has 3 aromatic rings. The lowest BCUT2D eigenvalue weighted by molar-refractivity contribution is -0.121. The van der Waals surface area contributed by atoms with Crippen LogP contribution in [0.3, 0.4) is 0 Å². The Morgan fingerprint density at radius 3 is 2.38 bits per heavy atom. The lowest BCUT2D eigenvalue weighted by Crippen LogP contribution is -2.54. The Morgan fingerprint density at radius 2 is 1.69 bits per heavy atom. The monoisotopic (exact) mass is 436 g/mol. The summed E-state index contributed by atoms with van der Waals surface area (Å²) in [6, 6.07) is 14.6. The standard InChI is InChI=1S/C23H25FN6O2/c1-17(22(31)26-19-6-2-5-18(24)15-19)28-11-13-29(14-12-28)23(32)27-20-7-3-8-21(16-20)30-10-4-9-25-30/h2-10,15-17H,11-14H2,1H3,(H,26,31)(H,27,32)/t17-/m0/s1.